The highest BCUT2D eigenvalue weighted by Crippen LogP contribution is 2.49. The van der Waals surface area contributed by atoms with E-state index in [9.17, 15) is 17.6 Å². The van der Waals surface area contributed by atoms with Crippen LogP contribution < -0.4 is 9.47 Å². The number of ether oxygens (including phenoxy) is 2. The third-order valence-electron chi connectivity index (χ3n) is 4.20. The average molecular weight is 360 g/mol. The first-order valence-electron chi connectivity index (χ1n) is 7.87. The highest BCUT2D eigenvalue weighted by atomic mass is 19.2. The van der Waals surface area contributed by atoms with Gasteiger partial charge in [0.25, 0.3) is 0 Å². The van der Waals surface area contributed by atoms with E-state index in [1.54, 1.807) is 60.7 Å². The van der Waals surface area contributed by atoms with Crippen LogP contribution in [0.2, 0.25) is 0 Å². The SMILES string of the molecule is Fc1c(F)c(F)c2c(c1F)O[C@@H](c1ccccc1)[C@H](c1ccccc1)O2. The maximum Gasteiger partial charge on any atom is 0.207 e. The molecule has 3 aromatic carbocycles. The Morgan fingerprint density at radius 2 is 0.846 bits per heavy atom. The molecule has 0 N–H and O–H groups in total. The van der Waals surface area contributed by atoms with Crippen molar-refractivity contribution in [2.75, 3.05) is 0 Å². The molecule has 0 bridgehead atoms. The van der Waals surface area contributed by atoms with Crippen molar-refractivity contribution in [2.45, 2.75) is 12.2 Å². The van der Waals surface area contributed by atoms with Gasteiger partial charge in [-0.2, -0.15) is 8.78 Å². The molecule has 132 valence electrons. The van der Waals surface area contributed by atoms with E-state index < -0.39 is 47.0 Å². The number of rotatable bonds is 2. The number of hydrogen-bond acceptors (Lipinski definition) is 2. The summed E-state index contributed by atoms with van der Waals surface area (Å²) < 4.78 is 66.7. The molecule has 6 heteroatoms. The summed E-state index contributed by atoms with van der Waals surface area (Å²) in [6.45, 7) is 0. The third-order valence-corrected chi connectivity index (χ3v) is 4.20. The molecular weight excluding hydrogens is 348 g/mol. The zero-order chi connectivity index (χ0) is 18.3. The van der Waals surface area contributed by atoms with Gasteiger partial charge < -0.3 is 9.47 Å². The Hall–Kier alpha value is -3.02. The van der Waals surface area contributed by atoms with Gasteiger partial charge in [-0.1, -0.05) is 60.7 Å². The van der Waals surface area contributed by atoms with Crippen molar-refractivity contribution in [3.05, 3.63) is 95.1 Å². The normalized spacial score (nSPS) is 18.6. The predicted molar refractivity (Wildman–Crippen MR) is 85.9 cm³/mol. The van der Waals surface area contributed by atoms with Crippen molar-refractivity contribution in [1.82, 2.24) is 0 Å². The van der Waals surface area contributed by atoms with Crippen LogP contribution in [0.25, 0.3) is 0 Å². The molecule has 1 heterocycles. The van der Waals surface area contributed by atoms with Crippen LogP contribution in [0.5, 0.6) is 11.5 Å². The van der Waals surface area contributed by atoms with E-state index in [1.807, 2.05) is 0 Å². The minimum atomic E-state index is -1.94. The Balaban J connectivity index is 1.89. The zero-order valence-corrected chi connectivity index (χ0v) is 13.3. The van der Waals surface area contributed by atoms with Crippen molar-refractivity contribution in [3.8, 4) is 11.5 Å². The third kappa shape index (κ3) is 2.58. The van der Waals surface area contributed by atoms with Gasteiger partial charge in [0.05, 0.1) is 0 Å². The van der Waals surface area contributed by atoms with Crippen LogP contribution in [-0.2, 0) is 0 Å². The molecule has 0 unspecified atom stereocenters. The van der Waals surface area contributed by atoms with E-state index in [-0.39, 0.29) is 0 Å². The Morgan fingerprint density at radius 1 is 0.500 bits per heavy atom. The summed E-state index contributed by atoms with van der Waals surface area (Å²) in [4.78, 5) is 0. The molecule has 4 rings (SSSR count). The van der Waals surface area contributed by atoms with Gasteiger partial charge in [0.2, 0.25) is 34.8 Å². The van der Waals surface area contributed by atoms with Crippen molar-refractivity contribution in [2.24, 2.45) is 0 Å². The van der Waals surface area contributed by atoms with Gasteiger partial charge in [0.1, 0.15) is 0 Å². The first kappa shape index (κ1) is 16.4. The first-order chi connectivity index (χ1) is 12.6. The summed E-state index contributed by atoms with van der Waals surface area (Å²) in [5, 5.41) is 0. The van der Waals surface area contributed by atoms with Gasteiger partial charge in [0.15, 0.2) is 12.2 Å². The maximum absolute atomic E-state index is 14.2. The van der Waals surface area contributed by atoms with Gasteiger partial charge in [0, 0.05) is 0 Å². The number of hydrogen-bond donors (Lipinski definition) is 0. The first-order valence-corrected chi connectivity index (χ1v) is 7.87. The largest absolute Gasteiger partial charge is 0.474 e. The van der Waals surface area contributed by atoms with Crippen molar-refractivity contribution in [3.63, 3.8) is 0 Å². The number of benzene rings is 3. The fraction of sp³-hybridized carbons (Fsp3) is 0.100. The summed E-state index contributed by atoms with van der Waals surface area (Å²) in [6, 6.07) is 17.5. The quantitative estimate of drug-likeness (QED) is 0.341. The highest BCUT2D eigenvalue weighted by molar-refractivity contribution is 5.47. The van der Waals surface area contributed by atoms with Gasteiger partial charge in [-0.05, 0) is 11.1 Å². The lowest BCUT2D eigenvalue weighted by atomic mass is 9.96. The standard InChI is InChI=1S/C20H12F4O2/c21-13-14(22)16(24)20-19(15(13)23)25-17(11-7-3-1-4-8-11)18(26-20)12-9-5-2-6-10-12/h1-10,17-18H/t17-,18-/m0/s1. The van der Waals surface area contributed by atoms with Crippen LogP contribution >= 0.6 is 0 Å². The zero-order valence-electron chi connectivity index (χ0n) is 13.3. The molecule has 2 nitrogen and oxygen atoms in total. The van der Waals surface area contributed by atoms with E-state index in [4.69, 9.17) is 9.47 Å². The fourth-order valence-corrected chi connectivity index (χ4v) is 2.95. The topological polar surface area (TPSA) is 18.5 Å². The highest BCUT2D eigenvalue weighted by Gasteiger charge is 2.40. The molecule has 0 radical (unpaired) electrons. The Labute approximate surface area is 146 Å². The lowest BCUT2D eigenvalue weighted by Gasteiger charge is -2.35. The summed E-state index contributed by atoms with van der Waals surface area (Å²) >= 11 is 0. The van der Waals surface area contributed by atoms with E-state index in [1.165, 1.54) is 0 Å². The van der Waals surface area contributed by atoms with Crippen molar-refractivity contribution in [1.29, 1.82) is 0 Å². The smallest absolute Gasteiger partial charge is 0.207 e. The van der Waals surface area contributed by atoms with Gasteiger partial charge in [-0.15, -0.1) is 0 Å². The Bertz CT molecular complexity index is 867. The lowest BCUT2D eigenvalue weighted by molar-refractivity contribution is 0.00884. The average Bonchev–Trinajstić information content (AvgIpc) is 2.71. The monoisotopic (exact) mass is 360 g/mol. The van der Waals surface area contributed by atoms with E-state index in [0.717, 1.165) is 0 Å². The van der Waals surface area contributed by atoms with Crippen molar-refractivity contribution < 1.29 is 27.0 Å². The van der Waals surface area contributed by atoms with E-state index >= 15 is 0 Å². The van der Waals surface area contributed by atoms with Crippen LogP contribution in [0.4, 0.5) is 17.6 Å². The molecule has 26 heavy (non-hydrogen) atoms. The minimum absolute atomic E-state index is 0.622. The maximum atomic E-state index is 14.2. The lowest BCUT2D eigenvalue weighted by Crippen LogP contribution is -2.28. The molecule has 0 aromatic heterocycles. The molecule has 1 aliphatic heterocycles. The second-order valence-electron chi connectivity index (χ2n) is 5.81. The van der Waals surface area contributed by atoms with Crippen LogP contribution in [0, 0.1) is 23.3 Å². The molecule has 2 atom stereocenters. The van der Waals surface area contributed by atoms with Gasteiger partial charge in [-0.3, -0.25) is 0 Å². The molecule has 0 saturated heterocycles. The van der Waals surface area contributed by atoms with E-state index in [0.29, 0.717) is 11.1 Å². The van der Waals surface area contributed by atoms with E-state index in [2.05, 4.69) is 0 Å². The van der Waals surface area contributed by atoms with Crippen LogP contribution in [0.3, 0.4) is 0 Å². The Kier molecular flexibility index (Phi) is 4.03. The summed E-state index contributed by atoms with van der Waals surface area (Å²) in [7, 11) is 0. The molecular formula is C20H12F4O2. The fourth-order valence-electron chi connectivity index (χ4n) is 2.95. The molecule has 0 saturated carbocycles. The predicted octanol–water partition coefficient (Wildman–Crippen LogP) is 5.50. The number of fused-ring (bicyclic) bond motifs is 1. The van der Waals surface area contributed by atoms with Crippen LogP contribution in [-0.4, -0.2) is 0 Å². The molecule has 1 aliphatic rings. The minimum Gasteiger partial charge on any atom is -0.474 e. The molecule has 3 aromatic rings. The van der Waals surface area contributed by atoms with Crippen molar-refractivity contribution >= 4 is 0 Å². The Morgan fingerprint density at radius 3 is 1.19 bits per heavy atom. The summed E-state index contributed by atoms with van der Waals surface area (Å²) in [6.07, 6.45) is -1.74. The molecule has 0 amide bonds. The summed E-state index contributed by atoms with van der Waals surface area (Å²) in [5.41, 5.74) is 1.24. The molecule has 0 aliphatic carbocycles. The van der Waals surface area contributed by atoms with Crippen LogP contribution in [0.1, 0.15) is 23.3 Å². The second-order valence-corrected chi connectivity index (χ2v) is 5.81. The van der Waals surface area contributed by atoms with Crippen LogP contribution in [0.15, 0.2) is 60.7 Å². The number of halogens is 4. The summed E-state index contributed by atoms with van der Waals surface area (Å²) in [5.74, 6) is -8.66. The second kappa shape index (κ2) is 6.37. The molecule has 0 fully saturated rings. The van der Waals surface area contributed by atoms with Gasteiger partial charge >= 0.3 is 0 Å². The van der Waals surface area contributed by atoms with Gasteiger partial charge in [-0.25, -0.2) is 8.78 Å². The molecule has 0 spiro atoms.